The van der Waals surface area contributed by atoms with Crippen molar-refractivity contribution in [1.82, 2.24) is 15.4 Å². The molecule has 2 unspecified atom stereocenters. The highest BCUT2D eigenvalue weighted by atomic mass is 35.5. The van der Waals surface area contributed by atoms with Crippen LogP contribution in [0.25, 0.3) is 11.0 Å². The van der Waals surface area contributed by atoms with Crippen molar-refractivity contribution < 1.29 is 20.1 Å². The largest absolute Gasteiger partial charge is 0.394 e. The number of benzene rings is 2. The molecule has 3 rings (SSSR count). The van der Waals surface area contributed by atoms with Gasteiger partial charge in [-0.2, -0.15) is 5.10 Å². The van der Waals surface area contributed by atoms with Gasteiger partial charge in [0.2, 0.25) is 0 Å². The molecule has 0 spiro atoms. The molecule has 1 heterocycles. The second kappa shape index (κ2) is 9.33. The van der Waals surface area contributed by atoms with Crippen LogP contribution in [0, 0.1) is 0 Å². The predicted octanol–water partition coefficient (Wildman–Crippen LogP) is 1.08. The minimum atomic E-state index is -1.83. The fraction of sp³-hybridized carbons (Fsp3) is 0.158. The van der Waals surface area contributed by atoms with Gasteiger partial charge in [0.05, 0.1) is 28.2 Å². The molecule has 0 aliphatic carbocycles. The molecule has 9 nitrogen and oxygen atoms in total. The van der Waals surface area contributed by atoms with Crippen LogP contribution in [-0.2, 0) is 0 Å². The summed E-state index contributed by atoms with van der Waals surface area (Å²) in [5.74, 6) is -0.718. The van der Waals surface area contributed by atoms with Crippen molar-refractivity contribution >= 4 is 45.9 Å². The van der Waals surface area contributed by atoms with E-state index >= 15 is 0 Å². The number of hydrogen-bond acceptors (Lipinski definition) is 7. The minimum absolute atomic E-state index is 0.103. The first-order valence-corrected chi connectivity index (χ1v) is 9.36. The van der Waals surface area contributed by atoms with Gasteiger partial charge < -0.3 is 20.3 Å². The number of aromatic amines is 1. The second-order valence-corrected chi connectivity index (χ2v) is 7.03. The summed E-state index contributed by atoms with van der Waals surface area (Å²) in [4.78, 5) is 31.6. The van der Waals surface area contributed by atoms with E-state index in [-0.39, 0.29) is 21.8 Å². The molecule has 2 atom stereocenters. The smallest absolute Gasteiger partial charge is 0.276 e. The van der Waals surface area contributed by atoms with Crippen LogP contribution >= 0.6 is 23.2 Å². The molecule has 0 saturated heterocycles. The first-order valence-electron chi connectivity index (χ1n) is 8.61. The van der Waals surface area contributed by atoms with Crippen LogP contribution in [0.15, 0.2) is 52.4 Å². The third kappa shape index (κ3) is 4.66. The summed E-state index contributed by atoms with van der Waals surface area (Å²) in [6, 6.07) is 10.8. The van der Waals surface area contributed by atoms with Crippen LogP contribution in [0.4, 0.5) is 0 Å². The average Bonchev–Trinajstić information content (AvgIpc) is 2.73. The summed E-state index contributed by atoms with van der Waals surface area (Å²) in [5, 5.41) is 33.7. The Balaban J connectivity index is 2.07. The number of H-pyrrole nitrogens is 1. The fourth-order valence-electron chi connectivity index (χ4n) is 2.59. The van der Waals surface area contributed by atoms with Crippen molar-refractivity contribution in [3.63, 3.8) is 0 Å². The van der Waals surface area contributed by atoms with Crippen LogP contribution in [0.1, 0.15) is 16.1 Å². The van der Waals surface area contributed by atoms with E-state index in [1.807, 2.05) is 0 Å². The lowest BCUT2D eigenvalue weighted by Crippen LogP contribution is -2.41. The summed E-state index contributed by atoms with van der Waals surface area (Å²) >= 11 is 11.9. The number of fused-ring (bicyclic) bond motifs is 1. The van der Waals surface area contributed by atoms with Crippen LogP contribution in [0.2, 0.25) is 10.0 Å². The van der Waals surface area contributed by atoms with Gasteiger partial charge in [-0.25, -0.2) is 10.4 Å². The number of nitrogens with zero attached hydrogens (tertiary/aromatic N) is 2. The van der Waals surface area contributed by atoms with Gasteiger partial charge in [-0.05, 0) is 30.3 Å². The number of aliphatic hydroxyl groups is 3. The minimum Gasteiger partial charge on any atom is -0.394 e. The number of amides is 1. The molecule has 2 aromatic carbocycles. The molecule has 0 aliphatic heterocycles. The maximum absolute atomic E-state index is 12.5. The van der Waals surface area contributed by atoms with Crippen LogP contribution < -0.4 is 11.0 Å². The van der Waals surface area contributed by atoms with Crippen LogP contribution in [0.5, 0.6) is 0 Å². The van der Waals surface area contributed by atoms with Crippen molar-refractivity contribution in [2.75, 3.05) is 6.61 Å². The zero-order valence-electron chi connectivity index (χ0n) is 15.2. The number of hydrogen-bond donors (Lipinski definition) is 5. The zero-order chi connectivity index (χ0) is 21.8. The quantitative estimate of drug-likeness (QED) is 0.280. The van der Waals surface area contributed by atoms with Gasteiger partial charge in [-0.3, -0.25) is 9.59 Å². The van der Waals surface area contributed by atoms with Crippen molar-refractivity contribution in [3.05, 3.63) is 74.1 Å². The van der Waals surface area contributed by atoms with Gasteiger partial charge in [-0.15, -0.1) is 0 Å². The molecule has 0 fully saturated rings. The molecule has 156 valence electrons. The lowest BCUT2D eigenvalue weighted by Gasteiger charge is -2.17. The maximum Gasteiger partial charge on any atom is 0.276 e. The Morgan fingerprint density at radius 1 is 1.20 bits per heavy atom. The normalized spacial score (nSPS) is 13.8. The van der Waals surface area contributed by atoms with E-state index in [2.05, 4.69) is 20.5 Å². The van der Waals surface area contributed by atoms with E-state index < -0.39 is 36.0 Å². The Bertz CT molecular complexity index is 1180. The van der Waals surface area contributed by atoms with Crippen molar-refractivity contribution in [2.45, 2.75) is 12.2 Å². The highest BCUT2D eigenvalue weighted by Gasteiger charge is 2.27. The van der Waals surface area contributed by atoms with E-state index in [0.29, 0.717) is 10.5 Å². The van der Waals surface area contributed by atoms with Gasteiger partial charge >= 0.3 is 0 Å². The number of aromatic nitrogens is 2. The van der Waals surface area contributed by atoms with Gasteiger partial charge in [0.25, 0.3) is 11.5 Å². The lowest BCUT2D eigenvalue weighted by atomic mass is 10.1. The molecule has 1 aromatic heterocycles. The number of carbonyl (C=O) groups excluding carboxylic acids is 1. The summed E-state index contributed by atoms with van der Waals surface area (Å²) in [6.45, 7) is -0.823. The number of rotatable bonds is 6. The molecule has 11 heteroatoms. The number of halogens is 2. The molecular weight excluding hydrogens is 435 g/mol. The number of carbonyl (C=O) groups is 1. The van der Waals surface area contributed by atoms with Crippen LogP contribution in [0.3, 0.4) is 0 Å². The lowest BCUT2D eigenvalue weighted by molar-refractivity contribution is 0.0183. The second-order valence-electron chi connectivity index (χ2n) is 6.19. The molecule has 30 heavy (non-hydrogen) atoms. The Morgan fingerprint density at radius 3 is 2.63 bits per heavy atom. The summed E-state index contributed by atoms with van der Waals surface area (Å²) < 4.78 is 0. The Labute approximate surface area is 179 Å². The number of aliphatic hydroxyl groups excluding tert-OH is 3. The summed E-state index contributed by atoms with van der Waals surface area (Å²) in [6.07, 6.45) is -3.51. The number of nitrogens with one attached hydrogen (secondary N) is 2. The van der Waals surface area contributed by atoms with E-state index in [1.165, 1.54) is 18.2 Å². The van der Waals surface area contributed by atoms with E-state index in [1.54, 1.807) is 24.3 Å². The van der Waals surface area contributed by atoms with E-state index in [0.717, 1.165) is 0 Å². The standard InChI is InChI=1S/C19H16Cl2N4O5/c20-9-5-6-12-13(7-9)22-16(19(30)23-12)15(17(28)14(27)8-26)24-25-18(29)10-3-1-2-4-11(10)21/h1-7,14,17,26-28H,8H2,(H,23,30)(H,25,29). The molecular formula is C19H16Cl2N4O5. The van der Waals surface area contributed by atoms with Gasteiger partial charge in [0.1, 0.15) is 17.9 Å². The topological polar surface area (TPSA) is 148 Å². The Kier molecular flexibility index (Phi) is 6.80. The molecule has 0 radical (unpaired) electrons. The van der Waals surface area contributed by atoms with Gasteiger partial charge in [0, 0.05) is 5.02 Å². The molecule has 0 bridgehead atoms. The van der Waals surface area contributed by atoms with Crippen molar-refractivity contribution in [2.24, 2.45) is 5.10 Å². The van der Waals surface area contributed by atoms with E-state index in [9.17, 15) is 24.9 Å². The summed E-state index contributed by atoms with van der Waals surface area (Å²) in [5.41, 5.74) is 1.38. The SMILES string of the molecule is O=C(NN=C(c1nc2cc(Cl)ccc2[nH]c1=O)C(O)C(O)CO)c1ccccc1Cl. The third-order valence-electron chi connectivity index (χ3n) is 4.13. The Hall–Kier alpha value is -2.82. The van der Waals surface area contributed by atoms with Crippen LogP contribution in [-0.4, -0.2) is 55.7 Å². The van der Waals surface area contributed by atoms with Gasteiger partial charge in [0.15, 0.2) is 5.69 Å². The highest BCUT2D eigenvalue weighted by Crippen LogP contribution is 2.16. The molecule has 3 aromatic rings. The van der Waals surface area contributed by atoms with Crippen molar-refractivity contribution in [3.8, 4) is 0 Å². The van der Waals surface area contributed by atoms with E-state index in [4.69, 9.17) is 23.2 Å². The Morgan fingerprint density at radius 2 is 1.93 bits per heavy atom. The zero-order valence-corrected chi connectivity index (χ0v) is 16.7. The van der Waals surface area contributed by atoms with Gasteiger partial charge in [-0.1, -0.05) is 35.3 Å². The predicted molar refractivity (Wildman–Crippen MR) is 112 cm³/mol. The first-order chi connectivity index (χ1) is 14.3. The maximum atomic E-state index is 12.5. The monoisotopic (exact) mass is 450 g/mol. The number of hydrazone groups is 1. The molecule has 1 amide bonds. The highest BCUT2D eigenvalue weighted by molar-refractivity contribution is 6.33. The summed E-state index contributed by atoms with van der Waals surface area (Å²) in [7, 11) is 0. The molecule has 0 saturated carbocycles. The first kappa shape index (κ1) is 21.9. The fourth-order valence-corrected chi connectivity index (χ4v) is 2.98. The average molecular weight is 451 g/mol. The molecule has 0 aliphatic rings. The van der Waals surface area contributed by atoms with Crippen molar-refractivity contribution in [1.29, 1.82) is 0 Å². The molecule has 5 N–H and O–H groups in total. The third-order valence-corrected chi connectivity index (χ3v) is 4.69.